The summed E-state index contributed by atoms with van der Waals surface area (Å²) in [5.74, 6) is -0.787. The van der Waals surface area contributed by atoms with Crippen LogP contribution in [0.2, 0.25) is 0 Å². The van der Waals surface area contributed by atoms with Crippen molar-refractivity contribution in [2.75, 3.05) is 6.61 Å². The van der Waals surface area contributed by atoms with Crippen molar-refractivity contribution in [2.45, 2.75) is 32.9 Å². The minimum atomic E-state index is -0.671. The van der Waals surface area contributed by atoms with Crippen molar-refractivity contribution in [1.82, 2.24) is 5.32 Å². The van der Waals surface area contributed by atoms with Crippen LogP contribution in [0.5, 0.6) is 0 Å². The summed E-state index contributed by atoms with van der Waals surface area (Å²) in [6.07, 6.45) is 0. The summed E-state index contributed by atoms with van der Waals surface area (Å²) >= 11 is 3.33. The zero-order chi connectivity index (χ0) is 13.7. The summed E-state index contributed by atoms with van der Waals surface area (Å²) in [6, 6.07) is 3.66. The molecule has 0 radical (unpaired) electrons. The highest BCUT2D eigenvalue weighted by Crippen LogP contribution is 2.26. The molecule has 1 unspecified atom stereocenters. The van der Waals surface area contributed by atoms with Gasteiger partial charge in [0.2, 0.25) is 0 Å². The second-order valence-corrected chi connectivity index (χ2v) is 5.03. The maximum absolute atomic E-state index is 13.3. The molecule has 1 N–H and O–H groups in total. The van der Waals surface area contributed by atoms with Crippen LogP contribution < -0.4 is 5.32 Å². The molecule has 0 bridgehead atoms. The van der Waals surface area contributed by atoms with E-state index < -0.39 is 12.0 Å². The van der Waals surface area contributed by atoms with E-state index >= 15 is 0 Å². The number of rotatable bonds is 5. The number of esters is 1. The van der Waals surface area contributed by atoms with E-state index in [-0.39, 0.29) is 11.9 Å². The van der Waals surface area contributed by atoms with Crippen LogP contribution in [0.4, 0.5) is 4.39 Å². The normalized spacial score (nSPS) is 12.6. The molecule has 3 nitrogen and oxygen atoms in total. The predicted octanol–water partition coefficient (Wildman–Crippen LogP) is 3.19. The van der Waals surface area contributed by atoms with Gasteiger partial charge in [0.1, 0.15) is 11.9 Å². The van der Waals surface area contributed by atoms with Crippen LogP contribution >= 0.6 is 15.9 Å². The predicted molar refractivity (Wildman–Crippen MR) is 71.7 cm³/mol. The van der Waals surface area contributed by atoms with Gasteiger partial charge in [-0.05, 0) is 44.5 Å². The van der Waals surface area contributed by atoms with Gasteiger partial charge in [-0.1, -0.05) is 15.9 Å². The van der Waals surface area contributed by atoms with E-state index in [2.05, 4.69) is 21.2 Å². The molecule has 0 amide bonds. The molecule has 0 aliphatic rings. The molecule has 0 saturated heterocycles. The summed E-state index contributed by atoms with van der Waals surface area (Å²) in [6.45, 7) is 5.87. The Morgan fingerprint density at radius 2 is 2.17 bits per heavy atom. The third-order valence-electron chi connectivity index (χ3n) is 2.29. The lowest BCUT2D eigenvalue weighted by Crippen LogP contribution is -2.35. The van der Waals surface area contributed by atoms with Crippen molar-refractivity contribution in [2.24, 2.45) is 0 Å². The Morgan fingerprint density at radius 1 is 1.50 bits per heavy atom. The number of hydrogen-bond acceptors (Lipinski definition) is 3. The third-order valence-corrected chi connectivity index (χ3v) is 3.01. The SMILES string of the molecule is CCOC(=O)C(NC(C)C)c1cc(F)ccc1Br. The van der Waals surface area contributed by atoms with E-state index in [1.54, 1.807) is 13.0 Å². The third kappa shape index (κ3) is 4.07. The van der Waals surface area contributed by atoms with Crippen LogP contribution in [-0.4, -0.2) is 18.6 Å². The summed E-state index contributed by atoms with van der Waals surface area (Å²) in [4.78, 5) is 11.9. The molecule has 0 heterocycles. The van der Waals surface area contributed by atoms with E-state index in [9.17, 15) is 9.18 Å². The van der Waals surface area contributed by atoms with Crippen molar-refractivity contribution in [1.29, 1.82) is 0 Å². The summed E-state index contributed by atoms with van der Waals surface area (Å²) in [7, 11) is 0. The Hall–Kier alpha value is -0.940. The Labute approximate surface area is 115 Å². The molecule has 1 atom stereocenters. The second kappa shape index (κ2) is 6.85. The first-order chi connectivity index (χ1) is 8.45. The molecule has 0 aliphatic carbocycles. The van der Waals surface area contributed by atoms with Gasteiger partial charge >= 0.3 is 5.97 Å². The fourth-order valence-corrected chi connectivity index (χ4v) is 2.06. The van der Waals surface area contributed by atoms with Crippen LogP contribution in [-0.2, 0) is 9.53 Å². The molecule has 0 aromatic heterocycles. The van der Waals surface area contributed by atoms with Gasteiger partial charge in [0.15, 0.2) is 0 Å². The average molecular weight is 318 g/mol. The van der Waals surface area contributed by atoms with Gasteiger partial charge in [-0.2, -0.15) is 0 Å². The van der Waals surface area contributed by atoms with E-state index in [0.29, 0.717) is 16.6 Å². The number of hydrogen-bond donors (Lipinski definition) is 1. The van der Waals surface area contributed by atoms with E-state index in [1.165, 1.54) is 12.1 Å². The molecule has 5 heteroatoms. The van der Waals surface area contributed by atoms with E-state index in [0.717, 1.165) is 0 Å². The van der Waals surface area contributed by atoms with Crippen LogP contribution in [0.3, 0.4) is 0 Å². The number of nitrogens with one attached hydrogen (secondary N) is 1. The Bertz CT molecular complexity index is 423. The second-order valence-electron chi connectivity index (χ2n) is 4.17. The van der Waals surface area contributed by atoms with Gasteiger partial charge in [-0.3, -0.25) is 5.32 Å². The van der Waals surface area contributed by atoms with Crippen molar-refractivity contribution >= 4 is 21.9 Å². The molecule has 0 aliphatic heterocycles. The topological polar surface area (TPSA) is 38.3 Å². The average Bonchev–Trinajstić information content (AvgIpc) is 2.29. The van der Waals surface area contributed by atoms with Crippen LogP contribution in [0, 0.1) is 5.82 Å². The Kier molecular flexibility index (Phi) is 5.75. The Balaban J connectivity index is 3.08. The molecule has 0 saturated carbocycles. The first kappa shape index (κ1) is 15.1. The highest BCUT2D eigenvalue weighted by molar-refractivity contribution is 9.10. The van der Waals surface area contributed by atoms with Crippen LogP contribution in [0.1, 0.15) is 32.4 Å². The summed E-state index contributed by atoms with van der Waals surface area (Å²) in [5.41, 5.74) is 0.544. The summed E-state index contributed by atoms with van der Waals surface area (Å²) < 4.78 is 19.0. The first-order valence-electron chi connectivity index (χ1n) is 5.83. The van der Waals surface area contributed by atoms with Crippen molar-refractivity contribution in [3.05, 3.63) is 34.1 Å². The molecular formula is C13H17BrFNO2. The summed E-state index contributed by atoms with van der Waals surface area (Å²) in [5, 5.41) is 3.08. The number of carbonyl (C=O) groups excluding carboxylic acids is 1. The van der Waals surface area contributed by atoms with Gasteiger partial charge in [-0.25, -0.2) is 9.18 Å². The first-order valence-corrected chi connectivity index (χ1v) is 6.62. The number of benzene rings is 1. The number of ether oxygens (including phenoxy) is 1. The van der Waals surface area contributed by atoms with E-state index in [1.807, 2.05) is 13.8 Å². The minimum absolute atomic E-state index is 0.0783. The molecule has 0 fully saturated rings. The molecule has 0 spiro atoms. The van der Waals surface area contributed by atoms with Crippen molar-refractivity contribution in [3.8, 4) is 0 Å². The monoisotopic (exact) mass is 317 g/mol. The van der Waals surface area contributed by atoms with Gasteiger partial charge in [0, 0.05) is 10.5 Å². The largest absolute Gasteiger partial charge is 0.465 e. The highest BCUT2D eigenvalue weighted by Gasteiger charge is 2.25. The quantitative estimate of drug-likeness (QED) is 0.848. The maximum Gasteiger partial charge on any atom is 0.327 e. The van der Waals surface area contributed by atoms with Gasteiger partial charge in [0.25, 0.3) is 0 Å². The molecule has 1 rings (SSSR count). The van der Waals surface area contributed by atoms with Gasteiger partial charge < -0.3 is 4.74 Å². The van der Waals surface area contributed by atoms with Crippen molar-refractivity contribution < 1.29 is 13.9 Å². The van der Waals surface area contributed by atoms with E-state index in [4.69, 9.17) is 4.74 Å². The zero-order valence-corrected chi connectivity index (χ0v) is 12.3. The smallest absolute Gasteiger partial charge is 0.327 e. The number of carbonyl (C=O) groups is 1. The standard InChI is InChI=1S/C13H17BrFNO2/c1-4-18-13(17)12(16-8(2)3)10-7-9(15)5-6-11(10)14/h5-8,12,16H,4H2,1-3H3. The number of halogens is 2. The lowest BCUT2D eigenvalue weighted by Gasteiger charge is -2.21. The fraction of sp³-hybridized carbons (Fsp3) is 0.462. The lowest BCUT2D eigenvalue weighted by atomic mass is 10.1. The van der Waals surface area contributed by atoms with Crippen molar-refractivity contribution in [3.63, 3.8) is 0 Å². The Morgan fingerprint density at radius 3 is 2.72 bits per heavy atom. The molecule has 1 aromatic rings. The lowest BCUT2D eigenvalue weighted by molar-refractivity contribution is -0.146. The van der Waals surface area contributed by atoms with Gasteiger partial charge in [0.05, 0.1) is 6.61 Å². The highest BCUT2D eigenvalue weighted by atomic mass is 79.9. The molecular weight excluding hydrogens is 301 g/mol. The molecule has 1 aromatic carbocycles. The van der Waals surface area contributed by atoms with Gasteiger partial charge in [-0.15, -0.1) is 0 Å². The maximum atomic E-state index is 13.3. The molecule has 100 valence electrons. The zero-order valence-electron chi connectivity index (χ0n) is 10.7. The van der Waals surface area contributed by atoms with Crippen LogP contribution in [0.15, 0.2) is 22.7 Å². The molecule has 18 heavy (non-hydrogen) atoms. The minimum Gasteiger partial charge on any atom is -0.465 e. The fourth-order valence-electron chi connectivity index (χ4n) is 1.58. The van der Waals surface area contributed by atoms with Crippen LogP contribution in [0.25, 0.3) is 0 Å².